The molecular weight excluding hydrogens is 395 g/mol. The zero-order valence-electron chi connectivity index (χ0n) is 15.8. The third-order valence-electron chi connectivity index (χ3n) is 4.38. The molecule has 0 atom stereocenters. The first-order valence-corrected chi connectivity index (χ1v) is 10.1. The van der Waals surface area contributed by atoms with E-state index in [0.717, 1.165) is 5.56 Å². The number of methoxy groups -OCH3 is 1. The first-order chi connectivity index (χ1) is 13.8. The molecule has 0 aliphatic rings. The first kappa shape index (κ1) is 20.5. The molecule has 3 rings (SSSR count). The summed E-state index contributed by atoms with van der Waals surface area (Å²) in [5.41, 5.74) is 3.71. The van der Waals surface area contributed by atoms with Crippen LogP contribution in [0.5, 0.6) is 5.75 Å². The molecule has 0 saturated carbocycles. The van der Waals surface area contributed by atoms with Gasteiger partial charge in [-0.25, -0.2) is 12.8 Å². The molecule has 0 aliphatic heterocycles. The predicted octanol–water partition coefficient (Wildman–Crippen LogP) is 3.43. The van der Waals surface area contributed by atoms with Crippen LogP contribution in [0.2, 0.25) is 0 Å². The third-order valence-corrected chi connectivity index (χ3v) is 5.67. The lowest BCUT2D eigenvalue weighted by atomic mass is 9.96. The fraction of sp³-hybridized carbons (Fsp3) is 0.0952. The maximum absolute atomic E-state index is 14.4. The van der Waals surface area contributed by atoms with E-state index in [9.17, 15) is 17.6 Å². The van der Waals surface area contributed by atoms with E-state index in [2.05, 4.69) is 5.43 Å². The maximum Gasteiger partial charge on any atom is 0.269 e. The number of ether oxygens (including phenoxy) is 1. The lowest BCUT2D eigenvalue weighted by Crippen LogP contribution is -2.42. The molecule has 0 saturated heterocycles. The normalized spacial score (nSPS) is 11.1. The summed E-state index contributed by atoms with van der Waals surface area (Å²) in [6.07, 6.45) is 0. The van der Waals surface area contributed by atoms with Gasteiger partial charge < -0.3 is 4.74 Å². The summed E-state index contributed by atoms with van der Waals surface area (Å²) in [6.45, 7) is 1.61. The van der Waals surface area contributed by atoms with E-state index in [-0.39, 0.29) is 16.2 Å². The van der Waals surface area contributed by atoms with Gasteiger partial charge in [0.05, 0.1) is 12.7 Å². The monoisotopic (exact) mass is 414 g/mol. The zero-order valence-corrected chi connectivity index (χ0v) is 16.6. The molecule has 3 aromatic carbocycles. The fourth-order valence-electron chi connectivity index (χ4n) is 2.96. The van der Waals surface area contributed by atoms with Crippen LogP contribution in [0.3, 0.4) is 0 Å². The number of carbonyl (C=O) groups excluding carboxylic acids is 1. The SMILES string of the molecule is COc1ccccc1S(=O)(=O)NNC(=O)c1c(F)ccc(-c2ccccc2)c1C. The topological polar surface area (TPSA) is 84.5 Å². The van der Waals surface area contributed by atoms with Crippen molar-refractivity contribution in [2.24, 2.45) is 0 Å². The van der Waals surface area contributed by atoms with E-state index in [1.165, 1.54) is 31.4 Å². The quantitative estimate of drug-likeness (QED) is 0.605. The van der Waals surface area contributed by atoms with Crippen molar-refractivity contribution in [2.45, 2.75) is 11.8 Å². The molecule has 0 unspecified atom stereocenters. The molecular formula is C21H19FN2O4S. The van der Waals surface area contributed by atoms with Crippen LogP contribution in [0.4, 0.5) is 4.39 Å². The highest BCUT2D eigenvalue weighted by Crippen LogP contribution is 2.27. The molecule has 1 amide bonds. The maximum atomic E-state index is 14.4. The molecule has 0 bridgehead atoms. The number of amides is 1. The van der Waals surface area contributed by atoms with Crippen LogP contribution in [0.15, 0.2) is 71.6 Å². The second-order valence-electron chi connectivity index (χ2n) is 6.17. The Balaban J connectivity index is 1.88. The smallest absolute Gasteiger partial charge is 0.269 e. The summed E-state index contributed by atoms with van der Waals surface area (Å²) in [7, 11) is -2.79. The number of halogens is 1. The highest BCUT2D eigenvalue weighted by molar-refractivity contribution is 7.89. The number of para-hydroxylation sites is 1. The van der Waals surface area contributed by atoms with Crippen molar-refractivity contribution in [1.82, 2.24) is 10.3 Å². The van der Waals surface area contributed by atoms with Crippen LogP contribution in [0.1, 0.15) is 15.9 Å². The summed E-state index contributed by atoms with van der Waals surface area (Å²) in [5, 5.41) is 0. The second-order valence-corrected chi connectivity index (χ2v) is 7.82. The second kappa shape index (κ2) is 8.42. The largest absolute Gasteiger partial charge is 0.495 e. The van der Waals surface area contributed by atoms with E-state index in [1.807, 2.05) is 35.2 Å². The number of benzene rings is 3. The van der Waals surface area contributed by atoms with E-state index < -0.39 is 21.7 Å². The Hall–Kier alpha value is -3.23. The van der Waals surface area contributed by atoms with Gasteiger partial charge in [0.2, 0.25) is 0 Å². The van der Waals surface area contributed by atoms with Gasteiger partial charge in [-0.2, -0.15) is 0 Å². The van der Waals surface area contributed by atoms with Crippen LogP contribution in [0.25, 0.3) is 11.1 Å². The van der Waals surface area contributed by atoms with Crippen LogP contribution in [-0.4, -0.2) is 21.4 Å². The minimum Gasteiger partial charge on any atom is -0.495 e. The van der Waals surface area contributed by atoms with Crippen LogP contribution < -0.4 is 15.0 Å². The molecule has 0 fully saturated rings. The van der Waals surface area contributed by atoms with Gasteiger partial charge in [-0.05, 0) is 41.8 Å². The molecule has 3 aromatic rings. The number of hydrogen-bond acceptors (Lipinski definition) is 4. The number of hydrazine groups is 1. The van der Waals surface area contributed by atoms with Crippen molar-refractivity contribution in [2.75, 3.05) is 7.11 Å². The number of sulfonamides is 1. The average molecular weight is 414 g/mol. The van der Waals surface area contributed by atoms with E-state index in [1.54, 1.807) is 19.1 Å². The van der Waals surface area contributed by atoms with Crippen molar-refractivity contribution in [3.05, 3.63) is 83.7 Å². The Labute approximate surface area is 168 Å². The van der Waals surface area contributed by atoms with Gasteiger partial charge >= 0.3 is 0 Å². The highest BCUT2D eigenvalue weighted by atomic mass is 32.2. The standard InChI is InChI=1S/C21H19FN2O4S/c1-14-16(15-8-4-3-5-9-15)12-13-17(22)20(14)21(25)23-24-29(26,27)19-11-7-6-10-18(19)28-2/h3-13,24H,1-2H3,(H,23,25). The Kier molecular flexibility index (Phi) is 5.95. The van der Waals surface area contributed by atoms with Crippen LogP contribution in [0, 0.1) is 12.7 Å². The van der Waals surface area contributed by atoms with E-state index in [4.69, 9.17) is 4.74 Å². The lowest BCUT2D eigenvalue weighted by molar-refractivity contribution is 0.0940. The Morgan fingerprint density at radius 2 is 1.62 bits per heavy atom. The van der Waals surface area contributed by atoms with E-state index >= 15 is 0 Å². The first-order valence-electron chi connectivity index (χ1n) is 8.65. The van der Waals surface area contributed by atoms with Crippen LogP contribution in [-0.2, 0) is 10.0 Å². The highest BCUT2D eigenvalue weighted by Gasteiger charge is 2.23. The summed E-state index contributed by atoms with van der Waals surface area (Å²) >= 11 is 0. The lowest BCUT2D eigenvalue weighted by Gasteiger charge is -2.14. The van der Waals surface area contributed by atoms with Gasteiger partial charge in [0, 0.05) is 0 Å². The van der Waals surface area contributed by atoms with Crippen molar-refractivity contribution in [3.8, 4) is 16.9 Å². The van der Waals surface area contributed by atoms with Gasteiger partial charge in [0.1, 0.15) is 16.5 Å². The van der Waals surface area contributed by atoms with Crippen LogP contribution >= 0.6 is 0 Å². The molecule has 150 valence electrons. The molecule has 0 heterocycles. The minimum atomic E-state index is -4.12. The van der Waals surface area contributed by atoms with Crippen molar-refractivity contribution >= 4 is 15.9 Å². The van der Waals surface area contributed by atoms with Gasteiger partial charge in [0.25, 0.3) is 15.9 Å². The van der Waals surface area contributed by atoms with Crippen molar-refractivity contribution < 1.29 is 22.3 Å². The number of hydrogen-bond donors (Lipinski definition) is 2. The molecule has 2 N–H and O–H groups in total. The molecule has 0 aliphatic carbocycles. The molecule has 0 spiro atoms. The van der Waals surface area contributed by atoms with Gasteiger partial charge in [-0.1, -0.05) is 48.5 Å². The van der Waals surface area contributed by atoms with Crippen molar-refractivity contribution in [3.63, 3.8) is 0 Å². The zero-order chi connectivity index (χ0) is 21.0. The predicted molar refractivity (Wildman–Crippen MR) is 107 cm³/mol. The Morgan fingerprint density at radius 1 is 0.966 bits per heavy atom. The third kappa shape index (κ3) is 4.28. The fourth-order valence-corrected chi connectivity index (χ4v) is 3.97. The molecule has 0 aromatic heterocycles. The summed E-state index contributed by atoms with van der Waals surface area (Å²) in [5.74, 6) is -1.55. The number of nitrogens with one attached hydrogen (secondary N) is 2. The molecule has 29 heavy (non-hydrogen) atoms. The molecule has 6 nitrogen and oxygen atoms in total. The van der Waals surface area contributed by atoms with Gasteiger partial charge in [-0.3, -0.25) is 10.2 Å². The van der Waals surface area contributed by atoms with Gasteiger partial charge in [-0.15, -0.1) is 4.83 Å². The van der Waals surface area contributed by atoms with Crippen molar-refractivity contribution in [1.29, 1.82) is 0 Å². The average Bonchev–Trinajstić information content (AvgIpc) is 2.73. The van der Waals surface area contributed by atoms with E-state index in [0.29, 0.717) is 11.1 Å². The molecule has 0 radical (unpaired) electrons. The number of carbonyl (C=O) groups is 1. The Bertz CT molecular complexity index is 1150. The minimum absolute atomic E-state index is 0.114. The summed E-state index contributed by atoms with van der Waals surface area (Å²) in [6, 6.07) is 17.9. The number of rotatable bonds is 6. The summed E-state index contributed by atoms with van der Waals surface area (Å²) < 4.78 is 44.4. The summed E-state index contributed by atoms with van der Waals surface area (Å²) in [4.78, 5) is 14.4. The molecule has 8 heteroatoms. The van der Waals surface area contributed by atoms with Gasteiger partial charge in [0.15, 0.2) is 0 Å². The Morgan fingerprint density at radius 3 is 2.31 bits per heavy atom.